The smallest absolute Gasteiger partial charge is 0.150 e. The van der Waals surface area contributed by atoms with E-state index in [-0.39, 0.29) is 34.8 Å². The summed E-state index contributed by atoms with van der Waals surface area (Å²) >= 11 is 5.82. The van der Waals surface area contributed by atoms with Crippen molar-refractivity contribution in [1.82, 2.24) is 0 Å². The molecule has 0 aliphatic carbocycles. The molecule has 2 unspecified atom stereocenters. The Morgan fingerprint density at radius 1 is 1.41 bits per heavy atom. The predicted molar refractivity (Wildman–Crippen MR) is 69.9 cm³/mol. The van der Waals surface area contributed by atoms with Crippen molar-refractivity contribution in [3.05, 3.63) is 0 Å². The summed E-state index contributed by atoms with van der Waals surface area (Å²) in [6.07, 6.45) is 1.09. The first-order chi connectivity index (χ1) is 7.79. The van der Waals surface area contributed by atoms with Crippen molar-refractivity contribution in [3.8, 4) is 0 Å². The summed E-state index contributed by atoms with van der Waals surface area (Å²) in [6.45, 7) is 1.62. The van der Waals surface area contributed by atoms with Crippen molar-refractivity contribution in [2.45, 2.75) is 19.8 Å². The maximum absolute atomic E-state index is 11.4. The third-order valence-electron chi connectivity index (χ3n) is 3.37. The van der Waals surface area contributed by atoms with E-state index in [1.807, 2.05) is 0 Å². The molecule has 0 aromatic carbocycles. The van der Waals surface area contributed by atoms with E-state index in [1.165, 1.54) is 0 Å². The van der Waals surface area contributed by atoms with Crippen LogP contribution in [0.4, 0.5) is 0 Å². The molecule has 1 aliphatic heterocycles. The van der Waals surface area contributed by atoms with Gasteiger partial charge in [0.25, 0.3) is 0 Å². The van der Waals surface area contributed by atoms with Gasteiger partial charge in [0, 0.05) is 11.6 Å². The van der Waals surface area contributed by atoms with Crippen LogP contribution in [-0.4, -0.2) is 45.7 Å². The van der Waals surface area contributed by atoms with Crippen molar-refractivity contribution in [2.24, 2.45) is 11.8 Å². The van der Waals surface area contributed by atoms with E-state index in [0.29, 0.717) is 18.7 Å². The molecule has 1 fully saturated rings. The van der Waals surface area contributed by atoms with Crippen LogP contribution in [0, 0.1) is 11.8 Å². The monoisotopic (exact) mass is 302 g/mol. The Bertz CT molecular complexity index is 441. The van der Waals surface area contributed by atoms with Crippen molar-refractivity contribution in [1.29, 1.82) is 0 Å². The quantitative estimate of drug-likeness (QED) is 0.689. The molecule has 1 rings (SSSR count). The molecule has 4 nitrogen and oxygen atoms in total. The zero-order valence-corrected chi connectivity index (χ0v) is 12.3. The Morgan fingerprint density at radius 2 is 2.06 bits per heavy atom. The molecular formula is C10H19ClO4S2. The largest absolute Gasteiger partial charge is 0.229 e. The third kappa shape index (κ3) is 4.75. The SMILES string of the molecule is CCS(=O)(=O)CCC(CCl)C1CCS(=O)(=O)C1. The van der Waals surface area contributed by atoms with Gasteiger partial charge in [0.05, 0.1) is 17.3 Å². The zero-order valence-electron chi connectivity index (χ0n) is 9.93. The van der Waals surface area contributed by atoms with Gasteiger partial charge in [-0.3, -0.25) is 0 Å². The first-order valence-electron chi connectivity index (χ1n) is 5.76. The molecule has 0 bridgehead atoms. The molecule has 0 aromatic heterocycles. The Kier molecular flexibility index (Phi) is 5.28. The summed E-state index contributed by atoms with van der Waals surface area (Å²) < 4.78 is 45.5. The first-order valence-corrected chi connectivity index (χ1v) is 9.94. The van der Waals surface area contributed by atoms with E-state index in [2.05, 4.69) is 0 Å². The first kappa shape index (κ1) is 15.2. The van der Waals surface area contributed by atoms with E-state index in [1.54, 1.807) is 6.92 Å². The van der Waals surface area contributed by atoms with Gasteiger partial charge >= 0.3 is 0 Å². The minimum atomic E-state index is -2.99. The molecule has 1 aliphatic rings. The van der Waals surface area contributed by atoms with Crippen LogP contribution >= 0.6 is 11.6 Å². The normalized spacial score (nSPS) is 25.9. The lowest BCUT2D eigenvalue weighted by molar-refractivity contribution is 0.389. The fourth-order valence-electron chi connectivity index (χ4n) is 2.11. The second-order valence-electron chi connectivity index (χ2n) is 4.60. The minimum absolute atomic E-state index is 0.00438. The van der Waals surface area contributed by atoms with Gasteiger partial charge in [-0.05, 0) is 24.7 Å². The van der Waals surface area contributed by atoms with E-state index < -0.39 is 19.7 Å². The van der Waals surface area contributed by atoms with Crippen molar-refractivity contribution in [2.75, 3.05) is 28.9 Å². The molecular weight excluding hydrogens is 284 g/mol. The van der Waals surface area contributed by atoms with Crippen LogP contribution in [0.25, 0.3) is 0 Å². The number of sulfone groups is 2. The highest BCUT2D eigenvalue weighted by Gasteiger charge is 2.33. The van der Waals surface area contributed by atoms with E-state index in [4.69, 9.17) is 11.6 Å². The van der Waals surface area contributed by atoms with Crippen molar-refractivity contribution < 1.29 is 16.8 Å². The number of hydrogen-bond acceptors (Lipinski definition) is 4. The van der Waals surface area contributed by atoms with Gasteiger partial charge in [-0.1, -0.05) is 6.92 Å². The lowest BCUT2D eigenvalue weighted by Crippen LogP contribution is -2.22. The average Bonchev–Trinajstić information content (AvgIpc) is 2.60. The highest BCUT2D eigenvalue weighted by molar-refractivity contribution is 7.91. The average molecular weight is 303 g/mol. The summed E-state index contributed by atoms with van der Waals surface area (Å²) in [5.74, 6) is 0.976. The molecule has 0 saturated carbocycles. The lowest BCUT2D eigenvalue weighted by atomic mass is 9.91. The van der Waals surface area contributed by atoms with E-state index >= 15 is 0 Å². The van der Waals surface area contributed by atoms with Gasteiger partial charge < -0.3 is 0 Å². The predicted octanol–water partition coefficient (Wildman–Crippen LogP) is 1.10. The Morgan fingerprint density at radius 3 is 2.47 bits per heavy atom. The van der Waals surface area contributed by atoms with Crippen LogP contribution in [0.5, 0.6) is 0 Å². The molecule has 0 N–H and O–H groups in total. The molecule has 17 heavy (non-hydrogen) atoms. The molecule has 0 spiro atoms. The summed E-state index contributed by atoms with van der Waals surface area (Å²) in [5.41, 5.74) is 0. The number of rotatable bonds is 6. The topological polar surface area (TPSA) is 68.3 Å². The maximum atomic E-state index is 11.4. The van der Waals surface area contributed by atoms with E-state index in [9.17, 15) is 16.8 Å². The number of alkyl halides is 1. The van der Waals surface area contributed by atoms with Crippen LogP contribution in [0.1, 0.15) is 19.8 Å². The fraction of sp³-hybridized carbons (Fsp3) is 1.00. The Balaban J connectivity index is 2.56. The summed E-state index contributed by atoms with van der Waals surface area (Å²) in [6, 6.07) is 0. The van der Waals surface area contributed by atoms with Crippen LogP contribution in [0.3, 0.4) is 0 Å². The number of halogens is 1. The molecule has 7 heteroatoms. The second-order valence-corrected chi connectivity index (χ2v) is 9.61. The van der Waals surface area contributed by atoms with Crippen LogP contribution < -0.4 is 0 Å². The maximum Gasteiger partial charge on any atom is 0.150 e. The second kappa shape index (κ2) is 5.89. The molecule has 0 radical (unpaired) electrons. The van der Waals surface area contributed by atoms with Crippen LogP contribution in [0.15, 0.2) is 0 Å². The summed E-state index contributed by atoms with van der Waals surface area (Å²) in [7, 11) is -5.91. The van der Waals surface area contributed by atoms with Crippen LogP contribution in [-0.2, 0) is 19.7 Å². The molecule has 1 heterocycles. The Labute approximate surface area is 109 Å². The fourth-order valence-corrected chi connectivity index (χ4v) is 5.39. The van der Waals surface area contributed by atoms with Gasteiger partial charge in [0.15, 0.2) is 9.84 Å². The third-order valence-corrected chi connectivity index (χ3v) is 7.30. The van der Waals surface area contributed by atoms with Crippen molar-refractivity contribution in [3.63, 3.8) is 0 Å². The molecule has 0 aromatic rings. The van der Waals surface area contributed by atoms with E-state index in [0.717, 1.165) is 0 Å². The molecule has 1 saturated heterocycles. The lowest BCUT2D eigenvalue weighted by Gasteiger charge is -2.19. The van der Waals surface area contributed by atoms with Gasteiger partial charge in [0.2, 0.25) is 0 Å². The van der Waals surface area contributed by atoms with Gasteiger partial charge in [0.1, 0.15) is 9.84 Å². The van der Waals surface area contributed by atoms with Gasteiger partial charge in [-0.15, -0.1) is 11.6 Å². The number of hydrogen-bond donors (Lipinski definition) is 0. The summed E-state index contributed by atoms with van der Waals surface area (Å²) in [4.78, 5) is 0. The standard InChI is InChI=1S/C10H19ClO4S2/c1-2-16(12,13)5-3-9(7-11)10-4-6-17(14,15)8-10/h9-10H,2-8H2,1H3. The van der Waals surface area contributed by atoms with Gasteiger partial charge in [-0.25, -0.2) is 16.8 Å². The molecule has 102 valence electrons. The van der Waals surface area contributed by atoms with Crippen molar-refractivity contribution >= 4 is 31.3 Å². The minimum Gasteiger partial charge on any atom is -0.229 e. The highest BCUT2D eigenvalue weighted by atomic mass is 35.5. The highest BCUT2D eigenvalue weighted by Crippen LogP contribution is 2.29. The van der Waals surface area contributed by atoms with Gasteiger partial charge in [-0.2, -0.15) is 0 Å². The van der Waals surface area contributed by atoms with Crippen LogP contribution in [0.2, 0.25) is 0 Å². The summed E-state index contributed by atoms with van der Waals surface area (Å²) in [5, 5.41) is 0. The molecule has 2 atom stereocenters. The molecule has 0 amide bonds. The zero-order chi connectivity index (χ0) is 13.1. The Hall–Kier alpha value is 0.190.